The monoisotopic (exact) mass is 236 g/mol. The number of nitrogens with zero attached hydrogens (tertiary/aromatic N) is 1. The minimum absolute atomic E-state index is 0.142. The van der Waals surface area contributed by atoms with Crippen molar-refractivity contribution in [1.29, 1.82) is 5.26 Å². The zero-order valence-electron chi connectivity index (χ0n) is 9.03. The SMILES string of the molecule is CC(CC#N)NC(=O)c1cccc(CCl)c1. The van der Waals surface area contributed by atoms with E-state index in [-0.39, 0.29) is 11.9 Å². The van der Waals surface area contributed by atoms with E-state index in [4.69, 9.17) is 16.9 Å². The van der Waals surface area contributed by atoms with Crippen molar-refractivity contribution in [3.8, 4) is 6.07 Å². The number of amides is 1. The largest absolute Gasteiger partial charge is 0.349 e. The highest BCUT2D eigenvalue weighted by atomic mass is 35.5. The summed E-state index contributed by atoms with van der Waals surface area (Å²) < 4.78 is 0. The van der Waals surface area contributed by atoms with Crippen molar-refractivity contribution in [3.63, 3.8) is 0 Å². The van der Waals surface area contributed by atoms with Crippen molar-refractivity contribution in [2.24, 2.45) is 0 Å². The third kappa shape index (κ3) is 3.56. The molecule has 0 radical (unpaired) electrons. The zero-order valence-corrected chi connectivity index (χ0v) is 9.79. The average Bonchev–Trinajstić information content (AvgIpc) is 2.29. The van der Waals surface area contributed by atoms with Crippen molar-refractivity contribution < 1.29 is 4.79 Å². The summed E-state index contributed by atoms with van der Waals surface area (Å²) in [5.74, 6) is 0.212. The van der Waals surface area contributed by atoms with Crippen LogP contribution in [0.2, 0.25) is 0 Å². The van der Waals surface area contributed by atoms with Crippen molar-refractivity contribution >= 4 is 17.5 Å². The Kier molecular flexibility index (Phi) is 4.81. The maximum absolute atomic E-state index is 11.7. The topological polar surface area (TPSA) is 52.9 Å². The molecule has 1 rings (SSSR count). The second kappa shape index (κ2) is 6.14. The first-order chi connectivity index (χ1) is 7.67. The first-order valence-electron chi connectivity index (χ1n) is 5.00. The van der Waals surface area contributed by atoms with Gasteiger partial charge in [0.25, 0.3) is 5.91 Å². The quantitative estimate of drug-likeness (QED) is 0.817. The number of hydrogen-bond donors (Lipinski definition) is 1. The first-order valence-corrected chi connectivity index (χ1v) is 5.53. The van der Waals surface area contributed by atoms with Crippen LogP contribution >= 0.6 is 11.6 Å². The predicted octanol–water partition coefficient (Wildman–Crippen LogP) is 2.46. The summed E-state index contributed by atoms with van der Waals surface area (Å²) in [6.45, 7) is 1.80. The summed E-state index contributed by atoms with van der Waals surface area (Å²) in [6.07, 6.45) is 0.306. The Hall–Kier alpha value is -1.53. The highest BCUT2D eigenvalue weighted by Crippen LogP contribution is 2.08. The zero-order chi connectivity index (χ0) is 12.0. The molecule has 0 aliphatic carbocycles. The van der Waals surface area contributed by atoms with Gasteiger partial charge in [0.15, 0.2) is 0 Å². The Bertz CT molecular complexity index is 412. The fourth-order valence-electron chi connectivity index (χ4n) is 1.29. The number of halogens is 1. The van der Waals surface area contributed by atoms with Crippen LogP contribution in [0.1, 0.15) is 29.3 Å². The van der Waals surface area contributed by atoms with E-state index < -0.39 is 0 Å². The van der Waals surface area contributed by atoms with Gasteiger partial charge in [-0.2, -0.15) is 5.26 Å². The predicted molar refractivity (Wildman–Crippen MR) is 63.2 cm³/mol. The van der Waals surface area contributed by atoms with Gasteiger partial charge in [-0.1, -0.05) is 12.1 Å². The number of rotatable bonds is 4. The van der Waals surface area contributed by atoms with Crippen molar-refractivity contribution in [1.82, 2.24) is 5.32 Å². The van der Waals surface area contributed by atoms with Crippen LogP contribution in [-0.2, 0) is 5.88 Å². The Morgan fingerprint density at radius 3 is 3.00 bits per heavy atom. The first kappa shape index (κ1) is 12.5. The molecule has 1 aromatic carbocycles. The summed E-state index contributed by atoms with van der Waals surface area (Å²) in [6, 6.07) is 9.00. The lowest BCUT2D eigenvalue weighted by atomic mass is 10.1. The Labute approximate surface area is 100 Å². The molecule has 1 amide bonds. The van der Waals surface area contributed by atoms with Gasteiger partial charge >= 0.3 is 0 Å². The number of carbonyl (C=O) groups excluding carboxylic acids is 1. The molecule has 16 heavy (non-hydrogen) atoms. The van der Waals surface area contributed by atoms with Crippen LogP contribution in [0, 0.1) is 11.3 Å². The van der Waals surface area contributed by atoms with Crippen LogP contribution in [0.3, 0.4) is 0 Å². The summed E-state index contributed by atoms with van der Waals surface area (Å²) in [5, 5.41) is 11.2. The fraction of sp³-hybridized carbons (Fsp3) is 0.333. The maximum Gasteiger partial charge on any atom is 0.251 e. The van der Waals surface area contributed by atoms with E-state index in [1.807, 2.05) is 12.1 Å². The molecular formula is C12H13ClN2O. The van der Waals surface area contributed by atoms with E-state index in [1.54, 1.807) is 25.1 Å². The summed E-state index contributed by atoms with van der Waals surface area (Å²) in [7, 11) is 0. The Morgan fingerprint density at radius 2 is 2.38 bits per heavy atom. The van der Waals surface area contributed by atoms with E-state index in [1.165, 1.54) is 0 Å². The van der Waals surface area contributed by atoms with Crippen LogP contribution < -0.4 is 5.32 Å². The van der Waals surface area contributed by atoms with Gasteiger partial charge in [0, 0.05) is 17.5 Å². The van der Waals surface area contributed by atoms with Crippen molar-refractivity contribution in [2.45, 2.75) is 25.3 Å². The van der Waals surface area contributed by atoms with Gasteiger partial charge in [0.2, 0.25) is 0 Å². The number of nitrogens with one attached hydrogen (secondary N) is 1. The molecule has 84 valence electrons. The van der Waals surface area contributed by atoms with E-state index >= 15 is 0 Å². The molecule has 0 saturated carbocycles. The molecule has 0 bridgehead atoms. The molecule has 0 fully saturated rings. The van der Waals surface area contributed by atoms with Crippen molar-refractivity contribution in [2.75, 3.05) is 0 Å². The molecule has 3 nitrogen and oxygen atoms in total. The molecule has 0 aliphatic rings. The number of nitriles is 1. The smallest absolute Gasteiger partial charge is 0.251 e. The van der Waals surface area contributed by atoms with Crippen LogP contribution in [0.25, 0.3) is 0 Å². The number of benzene rings is 1. The standard InChI is InChI=1S/C12H13ClN2O/c1-9(5-6-14)15-12(16)11-4-2-3-10(7-11)8-13/h2-4,7,9H,5,8H2,1H3,(H,15,16). The second-order valence-electron chi connectivity index (χ2n) is 3.57. The highest BCUT2D eigenvalue weighted by molar-refractivity contribution is 6.17. The van der Waals surface area contributed by atoms with Crippen LogP contribution in [0.4, 0.5) is 0 Å². The molecule has 0 spiro atoms. The van der Waals surface area contributed by atoms with Gasteiger partial charge in [0.05, 0.1) is 12.5 Å². The van der Waals surface area contributed by atoms with Crippen LogP contribution in [0.15, 0.2) is 24.3 Å². The number of carbonyl (C=O) groups is 1. The third-order valence-electron chi connectivity index (χ3n) is 2.12. The average molecular weight is 237 g/mol. The van der Waals surface area contributed by atoms with Crippen LogP contribution in [0.5, 0.6) is 0 Å². The van der Waals surface area contributed by atoms with Crippen molar-refractivity contribution in [3.05, 3.63) is 35.4 Å². The van der Waals surface area contributed by atoms with Gasteiger partial charge in [-0.05, 0) is 24.6 Å². The minimum atomic E-state index is -0.172. The Morgan fingerprint density at radius 1 is 1.62 bits per heavy atom. The molecule has 0 aromatic heterocycles. The second-order valence-corrected chi connectivity index (χ2v) is 3.84. The summed E-state index contributed by atoms with van der Waals surface area (Å²) in [5.41, 5.74) is 1.48. The van der Waals surface area contributed by atoms with Gasteiger partial charge in [-0.3, -0.25) is 4.79 Å². The fourth-order valence-corrected chi connectivity index (χ4v) is 1.46. The summed E-state index contributed by atoms with van der Waals surface area (Å²) in [4.78, 5) is 11.7. The molecule has 1 unspecified atom stereocenters. The van der Waals surface area contributed by atoms with Gasteiger partial charge < -0.3 is 5.32 Å². The highest BCUT2D eigenvalue weighted by Gasteiger charge is 2.09. The lowest BCUT2D eigenvalue weighted by Crippen LogP contribution is -2.32. The lowest BCUT2D eigenvalue weighted by Gasteiger charge is -2.10. The molecule has 1 aromatic rings. The third-order valence-corrected chi connectivity index (χ3v) is 2.43. The normalized spacial score (nSPS) is 11.6. The van der Waals surface area contributed by atoms with Gasteiger partial charge in [-0.15, -0.1) is 11.6 Å². The summed E-state index contributed by atoms with van der Waals surface area (Å²) >= 11 is 5.68. The lowest BCUT2D eigenvalue weighted by molar-refractivity contribution is 0.0940. The molecule has 0 heterocycles. The number of alkyl halides is 1. The molecule has 4 heteroatoms. The Balaban J connectivity index is 2.69. The molecule has 0 aliphatic heterocycles. The van der Waals surface area contributed by atoms with Gasteiger partial charge in [0.1, 0.15) is 0 Å². The van der Waals surface area contributed by atoms with E-state index in [9.17, 15) is 4.79 Å². The molecule has 1 atom stereocenters. The van der Waals surface area contributed by atoms with Crippen LogP contribution in [-0.4, -0.2) is 11.9 Å². The van der Waals surface area contributed by atoms with E-state index in [2.05, 4.69) is 5.32 Å². The van der Waals surface area contributed by atoms with Gasteiger partial charge in [-0.25, -0.2) is 0 Å². The van der Waals surface area contributed by atoms with E-state index in [0.717, 1.165) is 5.56 Å². The minimum Gasteiger partial charge on any atom is -0.349 e. The number of hydrogen-bond acceptors (Lipinski definition) is 2. The molecular weight excluding hydrogens is 224 g/mol. The molecule has 0 saturated heterocycles. The maximum atomic E-state index is 11.7. The van der Waals surface area contributed by atoms with E-state index in [0.29, 0.717) is 17.9 Å². The molecule has 1 N–H and O–H groups in total.